The molecule has 0 unspecified atom stereocenters. The summed E-state index contributed by atoms with van der Waals surface area (Å²) in [5.41, 5.74) is 0.250. The van der Waals surface area contributed by atoms with E-state index in [0.717, 1.165) is 17.7 Å². The topological polar surface area (TPSA) is 0 Å². The van der Waals surface area contributed by atoms with Gasteiger partial charge in [-0.15, -0.1) is 0 Å². The highest BCUT2D eigenvalue weighted by Gasteiger charge is 2.29. The van der Waals surface area contributed by atoms with Crippen LogP contribution in [0.4, 0.5) is 13.2 Å². The van der Waals surface area contributed by atoms with Crippen LogP contribution in [0.5, 0.6) is 0 Å². The molecule has 1 aliphatic carbocycles. The third-order valence-electron chi connectivity index (χ3n) is 3.20. The Balaban J connectivity index is 2.02. The highest BCUT2D eigenvalue weighted by Crippen LogP contribution is 2.30. The first-order chi connectivity index (χ1) is 8.05. The van der Waals surface area contributed by atoms with E-state index in [1.807, 2.05) is 6.08 Å². The van der Waals surface area contributed by atoms with E-state index in [0.29, 0.717) is 5.92 Å². The smallest absolute Gasteiger partial charge is 0.166 e. The molecule has 1 aromatic carbocycles. The number of benzene rings is 1. The summed E-state index contributed by atoms with van der Waals surface area (Å²) in [5.74, 6) is 0.609. The van der Waals surface area contributed by atoms with Crippen LogP contribution in [-0.4, -0.2) is 0 Å². The van der Waals surface area contributed by atoms with E-state index in [-0.39, 0.29) is 0 Å². The van der Waals surface area contributed by atoms with Crippen LogP contribution in [0.1, 0.15) is 36.8 Å². The van der Waals surface area contributed by atoms with Crippen LogP contribution in [0, 0.1) is 5.92 Å². The van der Waals surface area contributed by atoms with Crippen molar-refractivity contribution in [3.8, 4) is 0 Å². The average Bonchev–Trinajstić information content (AvgIpc) is 2.78. The molecule has 3 heteroatoms. The molecule has 1 aromatic rings. The molecule has 0 spiro atoms. The molecule has 0 amide bonds. The van der Waals surface area contributed by atoms with Crippen molar-refractivity contribution >= 4 is 6.08 Å². The fourth-order valence-corrected chi connectivity index (χ4v) is 2.18. The van der Waals surface area contributed by atoms with Gasteiger partial charge >= 0.3 is 6.18 Å². The molecule has 1 fully saturated rings. The molecule has 1 aliphatic rings. The lowest BCUT2D eigenvalue weighted by Crippen LogP contribution is -2.03. The fourth-order valence-electron chi connectivity index (χ4n) is 2.18. The molecule has 92 valence electrons. The van der Waals surface area contributed by atoms with Gasteiger partial charge in [-0.1, -0.05) is 37.1 Å². The highest BCUT2D eigenvalue weighted by molar-refractivity contribution is 5.50. The maximum atomic E-state index is 12.3. The van der Waals surface area contributed by atoms with Gasteiger partial charge in [0.25, 0.3) is 0 Å². The molecule has 0 nitrogen and oxygen atoms in total. The average molecular weight is 240 g/mol. The number of rotatable bonds is 2. The largest absolute Gasteiger partial charge is 0.416 e. The molecule has 0 saturated heterocycles. The molecule has 0 bridgehead atoms. The van der Waals surface area contributed by atoms with Crippen molar-refractivity contribution in [1.29, 1.82) is 0 Å². The van der Waals surface area contributed by atoms with E-state index in [4.69, 9.17) is 0 Å². The van der Waals surface area contributed by atoms with Crippen LogP contribution in [0.25, 0.3) is 6.08 Å². The zero-order valence-electron chi connectivity index (χ0n) is 9.50. The van der Waals surface area contributed by atoms with E-state index >= 15 is 0 Å². The Morgan fingerprint density at radius 1 is 1.00 bits per heavy atom. The minimum Gasteiger partial charge on any atom is -0.166 e. The molecule has 1 saturated carbocycles. The van der Waals surface area contributed by atoms with Gasteiger partial charge in [-0.05, 0) is 36.5 Å². The van der Waals surface area contributed by atoms with E-state index < -0.39 is 11.7 Å². The third-order valence-corrected chi connectivity index (χ3v) is 3.20. The van der Waals surface area contributed by atoms with Crippen molar-refractivity contribution < 1.29 is 13.2 Å². The van der Waals surface area contributed by atoms with Crippen LogP contribution in [-0.2, 0) is 6.18 Å². The van der Waals surface area contributed by atoms with E-state index in [1.54, 1.807) is 0 Å². The van der Waals surface area contributed by atoms with E-state index in [2.05, 4.69) is 6.08 Å². The Bertz CT molecular complexity index is 381. The SMILES string of the molecule is FC(F)(F)c1ccc(/C=C/C2CCCC2)cc1. The molecule has 0 aromatic heterocycles. The van der Waals surface area contributed by atoms with Crippen LogP contribution in [0.15, 0.2) is 30.3 Å². The summed E-state index contributed by atoms with van der Waals surface area (Å²) >= 11 is 0. The van der Waals surface area contributed by atoms with Crippen molar-refractivity contribution in [2.24, 2.45) is 5.92 Å². The van der Waals surface area contributed by atoms with Gasteiger partial charge in [0.2, 0.25) is 0 Å². The molecule has 0 aliphatic heterocycles. The first-order valence-electron chi connectivity index (χ1n) is 5.91. The molecule has 0 radical (unpaired) electrons. The highest BCUT2D eigenvalue weighted by atomic mass is 19.4. The minimum atomic E-state index is -4.24. The summed E-state index contributed by atoms with van der Waals surface area (Å²) < 4.78 is 37.0. The number of alkyl halides is 3. The quantitative estimate of drug-likeness (QED) is 0.689. The maximum Gasteiger partial charge on any atom is 0.416 e. The van der Waals surface area contributed by atoms with Crippen LogP contribution in [0.2, 0.25) is 0 Å². The number of hydrogen-bond acceptors (Lipinski definition) is 0. The van der Waals surface area contributed by atoms with Crippen molar-refractivity contribution in [1.82, 2.24) is 0 Å². The van der Waals surface area contributed by atoms with E-state index in [9.17, 15) is 13.2 Å². The molecule has 0 N–H and O–H groups in total. The molecule has 2 rings (SSSR count). The summed E-state index contributed by atoms with van der Waals surface area (Å²) in [7, 11) is 0. The first-order valence-corrected chi connectivity index (χ1v) is 5.91. The normalized spacial score (nSPS) is 18.1. The summed E-state index contributed by atoms with van der Waals surface area (Å²) in [6, 6.07) is 5.31. The standard InChI is InChI=1S/C14H15F3/c15-14(16,17)13-9-7-12(8-10-13)6-5-11-3-1-2-4-11/h5-11H,1-4H2/b6-5+. The summed E-state index contributed by atoms with van der Waals surface area (Å²) in [4.78, 5) is 0. The first kappa shape index (κ1) is 12.2. The predicted molar refractivity (Wildman–Crippen MR) is 62.4 cm³/mol. The van der Waals surface area contributed by atoms with Crippen molar-refractivity contribution in [2.45, 2.75) is 31.9 Å². The number of halogens is 3. The Morgan fingerprint density at radius 2 is 1.59 bits per heavy atom. The zero-order chi connectivity index (χ0) is 12.3. The monoisotopic (exact) mass is 240 g/mol. The van der Waals surface area contributed by atoms with Gasteiger partial charge in [0.05, 0.1) is 5.56 Å². The minimum absolute atomic E-state index is 0.587. The number of allylic oxidation sites excluding steroid dienone is 1. The second-order valence-corrected chi connectivity index (χ2v) is 4.52. The lowest BCUT2D eigenvalue weighted by Gasteiger charge is -2.06. The van der Waals surface area contributed by atoms with Crippen LogP contribution in [0.3, 0.4) is 0 Å². The molecular weight excluding hydrogens is 225 g/mol. The predicted octanol–water partition coefficient (Wildman–Crippen LogP) is 4.91. The van der Waals surface area contributed by atoms with Crippen molar-refractivity contribution in [3.05, 3.63) is 41.5 Å². The molecule has 0 atom stereocenters. The van der Waals surface area contributed by atoms with Gasteiger partial charge in [0, 0.05) is 0 Å². The maximum absolute atomic E-state index is 12.3. The van der Waals surface area contributed by atoms with Crippen LogP contribution >= 0.6 is 0 Å². The van der Waals surface area contributed by atoms with Gasteiger partial charge in [-0.3, -0.25) is 0 Å². The van der Waals surface area contributed by atoms with E-state index in [1.165, 1.54) is 37.8 Å². The van der Waals surface area contributed by atoms with Gasteiger partial charge in [-0.2, -0.15) is 13.2 Å². The summed E-state index contributed by atoms with van der Waals surface area (Å²) in [5, 5.41) is 0. The molecular formula is C14H15F3. The van der Waals surface area contributed by atoms with Crippen molar-refractivity contribution in [3.63, 3.8) is 0 Å². The second kappa shape index (κ2) is 4.94. The van der Waals surface area contributed by atoms with Gasteiger partial charge in [0.15, 0.2) is 0 Å². The summed E-state index contributed by atoms with van der Waals surface area (Å²) in [6.45, 7) is 0. The summed E-state index contributed by atoms with van der Waals surface area (Å²) in [6.07, 6.45) is 4.75. The zero-order valence-corrected chi connectivity index (χ0v) is 9.50. The lowest BCUT2D eigenvalue weighted by atomic mass is 10.1. The Kier molecular flexibility index (Phi) is 3.55. The van der Waals surface area contributed by atoms with Crippen LogP contribution < -0.4 is 0 Å². The van der Waals surface area contributed by atoms with Gasteiger partial charge in [-0.25, -0.2) is 0 Å². The Labute approximate surface area is 99.2 Å². The van der Waals surface area contributed by atoms with Gasteiger partial charge in [0.1, 0.15) is 0 Å². The van der Waals surface area contributed by atoms with Crippen molar-refractivity contribution in [2.75, 3.05) is 0 Å². The third kappa shape index (κ3) is 3.35. The molecule has 17 heavy (non-hydrogen) atoms. The fraction of sp³-hybridized carbons (Fsp3) is 0.429. The second-order valence-electron chi connectivity index (χ2n) is 4.52. The Hall–Kier alpha value is -1.25. The lowest BCUT2D eigenvalue weighted by molar-refractivity contribution is -0.137. The Morgan fingerprint density at radius 3 is 2.12 bits per heavy atom. The molecule has 0 heterocycles. The number of hydrogen-bond donors (Lipinski definition) is 0. The van der Waals surface area contributed by atoms with Gasteiger partial charge < -0.3 is 0 Å².